The van der Waals surface area contributed by atoms with E-state index in [0.29, 0.717) is 0 Å². The molecule has 76 valence electrons. The molecule has 0 radical (unpaired) electrons. The zero-order valence-electron chi connectivity index (χ0n) is 8.88. The highest BCUT2D eigenvalue weighted by Gasteiger charge is 2.13. The molecule has 1 aromatic carbocycles. The second-order valence-corrected chi connectivity index (χ2v) is 3.91. The SMILES string of the molecule is Cc1ccc(NC2=C(C#N)CCC2)cc1. The average Bonchev–Trinajstić information content (AvgIpc) is 2.69. The largest absolute Gasteiger partial charge is 0.358 e. The molecule has 0 aliphatic heterocycles. The number of hydrogen-bond acceptors (Lipinski definition) is 2. The van der Waals surface area contributed by atoms with Crippen molar-refractivity contribution in [3.63, 3.8) is 0 Å². The van der Waals surface area contributed by atoms with E-state index in [1.165, 1.54) is 5.56 Å². The van der Waals surface area contributed by atoms with Crippen LogP contribution in [-0.2, 0) is 0 Å². The van der Waals surface area contributed by atoms with Crippen molar-refractivity contribution in [2.24, 2.45) is 0 Å². The summed E-state index contributed by atoms with van der Waals surface area (Å²) in [5.41, 5.74) is 4.34. The number of aryl methyl sites for hydroxylation is 1. The fraction of sp³-hybridized carbons (Fsp3) is 0.308. The molecule has 0 fully saturated rings. The van der Waals surface area contributed by atoms with Crippen LogP contribution in [0.15, 0.2) is 35.5 Å². The molecule has 0 spiro atoms. The summed E-state index contributed by atoms with van der Waals surface area (Å²) in [4.78, 5) is 0. The summed E-state index contributed by atoms with van der Waals surface area (Å²) in [6.45, 7) is 2.07. The van der Waals surface area contributed by atoms with Gasteiger partial charge < -0.3 is 5.32 Å². The Morgan fingerprint density at radius 1 is 1.20 bits per heavy atom. The van der Waals surface area contributed by atoms with E-state index in [1.54, 1.807) is 0 Å². The number of rotatable bonds is 2. The highest BCUT2D eigenvalue weighted by atomic mass is 14.9. The molecule has 1 aliphatic carbocycles. The lowest BCUT2D eigenvalue weighted by Crippen LogP contribution is -1.98. The van der Waals surface area contributed by atoms with Gasteiger partial charge in [0, 0.05) is 17.0 Å². The lowest BCUT2D eigenvalue weighted by molar-refractivity contribution is 0.901. The number of benzene rings is 1. The molecule has 2 nitrogen and oxygen atoms in total. The predicted octanol–water partition coefficient (Wildman–Crippen LogP) is 3.37. The van der Waals surface area contributed by atoms with E-state index in [4.69, 9.17) is 5.26 Å². The summed E-state index contributed by atoms with van der Waals surface area (Å²) < 4.78 is 0. The van der Waals surface area contributed by atoms with Crippen LogP contribution < -0.4 is 5.32 Å². The molecule has 0 saturated carbocycles. The maximum atomic E-state index is 8.91. The molecule has 0 saturated heterocycles. The van der Waals surface area contributed by atoms with Crippen molar-refractivity contribution in [1.82, 2.24) is 0 Å². The van der Waals surface area contributed by atoms with Gasteiger partial charge in [-0.15, -0.1) is 0 Å². The summed E-state index contributed by atoms with van der Waals surface area (Å²) in [5, 5.41) is 12.2. The maximum absolute atomic E-state index is 8.91. The molecular formula is C13H14N2. The molecule has 1 aliphatic rings. The summed E-state index contributed by atoms with van der Waals surface area (Å²) in [6.07, 6.45) is 3.01. The van der Waals surface area contributed by atoms with Crippen molar-refractivity contribution in [3.8, 4) is 6.07 Å². The first-order valence-corrected chi connectivity index (χ1v) is 5.25. The monoisotopic (exact) mass is 198 g/mol. The molecule has 0 heterocycles. The van der Waals surface area contributed by atoms with Crippen LogP contribution in [0.3, 0.4) is 0 Å². The minimum atomic E-state index is 0.913. The van der Waals surface area contributed by atoms with Crippen LogP contribution in [-0.4, -0.2) is 0 Å². The van der Waals surface area contributed by atoms with Gasteiger partial charge in [0.2, 0.25) is 0 Å². The topological polar surface area (TPSA) is 35.8 Å². The van der Waals surface area contributed by atoms with Gasteiger partial charge in [-0.05, 0) is 38.3 Å². The van der Waals surface area contributed by atoms with Crippen LogP contribution in [0.25, 0.3) is 0 Å². The Labute approximate surface area is 90.2 Å². The number of allylic oxidation sites excluding steroid dienone is 2. The standard InChI is InChI=1S/C13H14N2/c1-10-5-7-12(8-6-10)15-13-4-2-3-11(13)9-14/h5-8,15H,2-4H2,1H3. The molecular weight excluding hydrogens is 184 g/mol. The van der Waals surface area contributed by atoms with Crippen molar-refractivity contribution in [3.05, 3.63) is 41.1 Å². The van der Waals surface area contributed by atoms with Gasteiger partial charge in [0.05, 0.1) is 6.07 Å². The van der Waals surface area contributed by atoms with Crippen molar-refractivity contribution in [1.29, 1.82) is 5.26 Å². The molecule has 1 aromatic rings. The molecule has 0 bridgehead atoms. The molecule has 0 atom stereocenters. The first-order valence-electron chi connectivity index (χ1n) is 5.25. The Hall–Kier alpha value is -1.75. The molecule has 1 N–H and O–H groups in total. The van der Waals surface area contributed by atoms with Gasteiger partial charge in [0.1, 0.15) is 0 Å². The second-order valence-electron chi connectivity index (χ2n) is 3.91. The van der Waals surface area contributed by atoms with Crippen LogP contribution in [0.4, 0.5) is 5.69 Å². The fourth-order valence-electron chi connectivity index (χ4n) is 1.82. The zero-order chi connectivity index (χ0) is 10.7. The number of hydrogen-bond donors (Lipinski definition) is 1. The van der Waals surface area contributed by atoms with Crippen LogP contribution in [0, 0.1) is 18.3 Å². The smallest absolute Gasteiger partial charge is 0.0965 e. The number of nitrogens with zero attached hydrogens (tertiary/aromatic N) is 1. The van der Waals surface area contributed by atoms with Gasteiger partial charge in [0.25, 0.3) is 0 Å². The third-order valence-corrected chi connectivity index (χ3v) is 2.70. The van der Waals surface area contributed by atoms with E-state index in [-0.39, 0.29) is 0 Å². The molecule has 2 heteroatoms. The Kier molecular flexibility index (Phi) is 2.73. The Bertz CT molecular complexity index is 421. The van der Waals surface area contributed by atoms with Gasteiger partial charge in [-0.25, -0.2) is 0 Å². The Morgan fingerprint density at radius 3 is 2.60 bits per heavy atom. The summed E-state index contributed by atoms with van der Waals surface area (Å²) >= 11 is 0. The molecule has 0 amide bonds. The Balaban J connectivity index is 2.16. The molecule has 0 unspecified atom stereocenters. The molecule has 2 rings (SSSR count). The molecule has 15 heavy (non-hydrogen) atoms. The second kappa shape index (κ2) is 4.18. The van der Waals surface area contributed by atoms with E-state index in [0.717, 1.165) is 36.2 Å². The van der Waals surface area contributed by atoms with Gasteiger partial charge >= 0.3 is 0 Å². The third-order valence-electron chi connectivity index (χ3n) is 2.70. The van der Waals surface area contributed by atoms with Crippen LogP contribution in [0.2, 0.25) is 0 Å². The first kappa shape index (κ1) is 9.79. The minimum absolute atomic E-state index is 0.913. The van der Waals surface area contributed by atoms with E-state index in [2.05, 4.69) is 42.6 Å². The van der Waals surface area contributed by atoms with E-state index in [1.807, 2.05) is 0 Å². The fourth-order valence-corrected chi connectivity index (χ4v) is 1.82. The number of nitrogens with one attached hydrogen (secondary N) is 1. The molecule has 0 aromatic heterocycles. The van der Waals surface area contributed by atoms with Crippen LogP contribution in [0.1, 0.15) is 24.8 Å². The van der Waals surface area contributed by atoms with Gasteiger partial charge in [-0.3, -0.25) is 0 Å². The predicted molar refractivity (Wildman–Crippen MR) is 61.3 cm³/mol. The van der Waals surface area contributed by atoms with Crippen molar-refractivity contribution >= 4 is 5.69 Å². The summed E-state index contributed by atoms with van der Waals surface area (Å²) in [7, 11) is 0. The minimum Gasteiger partial charge on any atom is -0.358 e. The normalized spacial score (nSPS) is 15.2. The number of anilines is 1. The van der Waals surface area contributed by atoms with Crippen molar-refractivity contribution in [2.75, 3.05) is 5.32 Å². The van der Waals surface area contributed by atoms with Crippen molar-refractivity contribution in [2.45, 2.75) is 26.2 Å². The average molecular weight is 198 g/mol. The third kappa shape index (κ3) is 2.19. The van der Waals surface area contributed by atoms with Crippen molar-refractivity contribution < 1.29 is 0 Å². The highest BCUT2D eigenvalue weighted by Crippen LogP contribution is 2.26. The quantitative estimate of drug-likeness (QED) is 0.790. The van der Waals surface area contributed by atoms with E-state index in [9.17, 15) is 0 Å². The lowest BCUT2D eigenvalue weighted by atomic mass is 10.2. The highest BCUT2D eigenvalue weighted by molar-refractivity contribution is 5.52. The maximum Gasteiger partial charge on any atom is 0.0965 e. The lowest BCUT2D eigenvalue weighted by Gasteiger charge is -2.07. The summed E-state index contributed by atoms with van der Waals surface area (Å²) in [5.74, 6) is 0. The van der Waals surface area contributed by atoms with Gasteiger partial charge in [-0.2, -0.15) is 5.26 Å². The van der Waals surface area contributed by atoms with E-state index < -0.39 is 0 Å². The van der Waals surface area contributed by atoms with E-state index >= 15 is 0 Å². The number of nitriles is 1. The van der Waals surface area contributed by atoms with Crippen LogP contribution >= 0.6 is 0 Å². The van der Waals surface area contributed by atoms with Crippen LogP contribution in [0.5, 0.6) is 0 Å². The van der Waals surface area contributed by atoms with Gasteiger partial charge in [-0.1, -0.05) is 17.7 Å². The van der Waals surface area contributed by atoms with Gasteiger partial charge in [0.15, 0.2) is 0 Å². The first-order chi connectivity index (χ1) is 7.29. The zero-order valence-corrected chi connectivity index (χ0v) is 8.88. The Morgan fingerprint density at radius 2 is 1.93 bits per heavy atom. The summed E-state index contributed by atoms with van der Waals surface area (Å²) in [6, 6.07) is 10.5.